The molecule has 0 saturated carbocycles. The Labute approximate surface area is 100 Å². The third-order valence-electron chi connectivity index (χ3n) is 4.05. The van der Waals surface area contributed by atoms with Gasteiger partial charge in [-0.1, -0.05) is 52.0 Å². The van der Waals surface area contributed by atoms with Crippen LogP contribution in [0.2, 0.25) is 0 Å². The van der Waals surface area contributed by atoms with E-state index in [9.17, 15) is 0 Å². The molecule has 2 rings (SSSR count). The quantitative estimate of drug-likeness (QED) is 0.585. The van der Waals surface area contributed by atoms with Gasteiger partial charge in [0.2, 0.25) is 0 Å². The van der Waals surface area contributed by atoms with Crippen LogP contribution in [0.25, 0.3) is 0 Å². The molecule has 16 heavy (non-hydrogen) atoms. The third kappa shape index (κ3) is 2.48. The lowest BCUT2D eigenvalue weighted by molar-refractivity contribution is 0.346. The van der Waals surface area contributed by atoms with Crippen molar-refractivity contribution in [2.24, 2.45) is 17.3 Å². The summed E-state index contributed by atoms with van der Waals surface area (Å²) >= 11 is 0. The van der Waals surface area contributed by atoms with Gasteiger partial charge in [0, 0.05) is 5.41 Å². The maximum absolute atomic E-state index is 2.38. The molecule has 1 unspecified atom stereocenters. The molecule has 0 spiro atoms. The summed E-state index contributed by atoms with van der Waals surface area (Å²) in [4.78, 5) is 0. The summed E-state index contributed by atoms with van der Waals surface area (Å²) in [5, 5.41) is 0. The topological polar surface area (TPSA) is 0 Å². The van der Waals surface area contributed by atoms with Gasteiger partial charge in [-0.15, -0.1) is 0 Å². The highest BCUT2D eigenvalue weighted by Crippen LogP contribution is 2.37. The Morgan fingerprint density at radius 3 is 2.38 bits per heavy atom. The first-order chi connectivity index (χ1) is 7.48. The summed E-state index contributed by atoms with van der Waals surface area (Å²) in [6.45, 7) is 9.27. The minimum Gasteiger partial charge on any atom is -0.0748 e. The fourth-order valence-electron chi connectivity index (χ4n) is 2.64. The molecule has 2 aliphatic rings. The van der Waals surface area contributed by atoms with Gasteiger partial charge in [0.25, 0.3) is 0 Å². The molecular weight excluding hydrogens is 192 g/mol. The highest BCUT2D eigenvalue weighted by atomic mass is 14.3. The molecule has 88 valence electrons. The molecule has 2 aliphatic carbocycles. The zero-order chi connectivity index (χ0) is 11.8. The Morgan fingerprint density at radius 1 is 1.12 bits per heavy atom. The number of hydrogen-bond donors (Lipinski definition) is 0. The molecule has 0 aromatic carbocycles. The van der Waals surface area contributed by atoms with Crippen LogP contribution in [0.3, 0.4) is 0 Å². The van der Waals surface area contributed by atoms with E-state index in [0.717, 1.165) is 11.8 Å². The standard InChI is InChI=1S/C16H24/c1-12(2)14-6-5-13-7-9-16(3,4)10-8-15(13)11-14/h7-10,12,14H,5-6,11H2,1-4H3. The normalized spacial score (nSPS) is 28.2. The van der Waals surface area contributed by atoms with Crippen LogP contribution in [-0.4, -0.2) is 0 Å². The summed E-state index contributed by atoms with van der Waals surface area (Å²) in [6.07, 6.45) is 13.4. The first-order valence-corrected chi connectivity index (χ1v) is 6.58. The predicted molar refractivity (Wildman–Crippen MR) is 71.3 cm³/mol. The molecule has 0 nitrogen and oxygen atoms in total. The maximum Gasteiger partial charge on any atom is 0.00108 e. The van der Waals surface area contributed by atoms with Gasteiger partial charge in [-0.25, -0.2) is 0 Å². The van der Waals surface area contributed by atoms with Gasteiger partial charge < -0.3 is 0 Å². The highest BCUT2D eigenvalue weighted by molar-refractivity contribution is 5.39. The first kappa shape index (κ1) is 11.7. The maximum atomic E-state index is 2.38. The lowest BCUT2D eigenvalue weighted by Gasteiger charge is -2.27. The van der Waals surface area contributed by atoms with E-state index >= 15 is 0 Å². The van der Waals surface area contributed by atoms with Crippen LogP contribution < -0.4 is 0 Å². The molecular formula is C16H24. The molecule has 0 amide bonds. The number of allylic oxidation sites excluding steroid dienone is 6. The zero-order valence-electron chi connectivity index (χ0n) is 11.1. The van der Waals surface area contributed by atoms with E-state index < -0.39 is 0 Å². The van der Waals surface area contributed by atoms with Crippen molar-refractivity contribution in [1.29, 1.82) is 0 Å². The summed E-state index contributed by atoms with van der Waals surface area (Å²) in [7, 11) is 0. The third-order valence-corrected chi connectivity index (χ3v) is 4.05. The molecule has 0 saturated heterocycles. The lowest BCUT2D eigenvalue weighted by atomic mass is 9.78. The Hall–Kier alpha value is -0.780. The van der Waals surface area contributed by atoms with Crippen LogP contribution in [-0.2, 0) is 0 Å². The molecule has 0 N–H and O–H groups in total. The summed E-state index contributed by atoms with van der Waals surface area (Å²) < 4.78 is 0. The van der Waals surface area contributed by atoms with Crippen molar-refractivity contribution in [2.45, 2.75) is 47.0 Å². The van der Waals surface area contributed by atoms with Gasteiger partial charge in [0.1, 0.15) is 0 Å². The minimum atomic E-state index is 0.227. The fraction of sp³-hybridized carbons (Fsp3) is 0.625. The molecule has 0 fully saturated rings. The predicted octanol–water partition coefficient (Wildman–Crippen LogP) is 4.89. The summed E-state index contributed by atoms with van der Waals surface area (Å²) in [5.74, 6) is 1.71. The van der Waals surface area contributed by atoms with Gasteiger partial charge in [-0.05, 0) is 42.2 Å². The molecule has 0 bridgehead atoms. The van der Waals surface area contributed by atoms with Crippen LogP contribution in [0.15, 0.2) is 35.5 Å². The molecule has 0 aromatic heterocycles. The van der Waals surface area contributed by atoms with E-state index in [2.05, 4.69) is 52.0 Å². The van der Waals surface area contributed by atoms with E-state index in [0.29, 0.717) is 0 Å². The second kappa shape index (κ2) is 4.24. The lowest BCUT2D eigenvalue weighted by Crippen LogP contribution is -2.14. The van der Waals surface area contributed by atoms with Crippen LogP contribution >= 0.6 is 0 Å². The number of rotatable bonds is 1. The Balaban J connectivity index is 2.22. The minimum absolute atomic E-state index is 0.227. The fourth-order valence-corrected chi connectivity index (χ4v) is 2.64. The molecule has 0 heterocycles. The average Bonchev–Trinajstić information content (AvgIpc) is 2.38. The average molecular weight is 216 g/mol. The number of hydrogen-bond acceptors (Lipinski definition) is 0. The van der Waals surface area contributed by atoms with Crippen molar-refractivity contribution >= 4 is 0 Å². The van der Waals surface area contributed by atoms with Gasteiger partial charge in [0.05, 0.1) is 0 Å². The smallest absolute Gasteiger partial charge is 0.00108 e. The van der Waals surface area contributed by atoms with Crippen LogP contribution in [0.4, 0.5) is 0 Å². The zero-order valence-corrected chi connectivity index (χ0v) is 11.1. The second-order valence-corrected chi connectivity index (χ2v) is 6.29. The van der Waals surface area contributed by atoms with Crippen molar-refractivity contribution in [2.75, 3.05) is 0 Å². The monoisotopic (exact) mass is 216 g/mol. The van der Waals surface area contributed by atoms with E-state index in [-0.39, 0.29) is 5.41 Å². The SMILES string of the molecule is CC(C)C1CCC2=C(C=CC(C)(C)C=C2)C1. The van der Waals surface area contributed by atoms with Crippen molar-refractivity contribution in [3.8, 4) is 0 Å². The highest BCUT2D eigenvalue weighted by Gasteiger charge is 2.23. The molecule has 1 atom stereocenters. The van der Waals surface area contributed by atoms with Crippen LogP contribution in [0, 0.1) is 17.3 Å². The Kier molecular flexibility index (Phi) is 3.10. The van der Waals surface area contributed by atoms with Crippen molar-refractivity contribution in [1.82, 2.24) is 0 Å². The second-order valence-electron chi connectivity index (χ2n) is 6.29. The molecule has 0 aliphatic heterocycles. The molecule has 0 radical (unpaired) electrons. The van der Waals surface area contributed by atoms with Crippen molar-refractivity contribution in [3.05, 3.63) is 35.5 Å². The largest absolute Gasteiger partial charge is 0.0748 e. The van der Waals surface area contributed by atoms with Gasteiger partial charge in [0.15, 0.2) is 0 Å². The molecule has 0 aromatic rings. The summed E-state index contributed by atoms with van der Waals surface area (Å²) in [6, 6.07) is 0. The molecule has 0 heteroatoms. The van der Waals surface area contributed by atoms with Gasteiger partial charge in [-0.3, -0.25) is 0 Å². The van der Waals surface area contributed by atoms with Gasteiger partial charge in [-0.2, -0.15) is 0 Å². The van der Waals surface area contributed by atoms with E-state index in [4.69, 9.17) is 0 Å². The van der Waals surface area contributed by atoms with Crippen LogP contribution in [0.5, 0.6) is 0 Å². The van der Waals surface area contributed by atoms with E-state index in [1.165, 1.54) is 19.3 Å². The Morgan fingerprint density at radius 2 is 1.75 bits per heavy atom. The van der Waals surface area contributed by atoms with E-state index in [1.807, 2.05) is 0 Å². The van der Waals surface area contributed by atoms with Crippen LogP contribution in [0.1, 0.15) is 47.0 Å². The van der Waals surface area contributed by atoms with E-state index in [1.54, 1.807) is 11.1 Å². The van der Waals surface area contributed by atoms with Gasteiger partial charge >= 0.3 is 0 Å². The van der Waals surface area contributed by atoms with Crippen molar-refractivity contribution < 1.29 is 0 Å². The Bertz CT molecular complexity index is 350. The van der Waals surface area contributed by atoms with Crippen molar-refractivity contribution in [3.63, 3.8) is 0 Å². The summed E-state index contributed by atoms with van der Waals surface area (Å²) in [5.41, 5.74) is 3.40. The first-order valence-electron chi connectivity index (χ1n) is 6.58.